The number of pyridine rings is 1. The number of benzene rings is 1. The third-order valence-electron chi connectivity index (χ3n) is 4.39. The molecule has 1 fully saturated rings. The molecule has 2 aromatic rings. The predicted molar refractivity (Wildman–Crippen MR) is 98.7 cm³/mol. The summed E-state index contributed by atoms with van der Waals surface area (Å²) in [5, 5.41) is 3.42. The normalized spacial score (nSPS) is 17.1. The second kappa shape index (κ2) is 8.29. The molecule has 1 N–H and O–H groups in total. The highest BCUT2D eigenvalue weighted by atomic mass is 35.5. The van der Waals surface area contributed by atoms with Gasteiger partial charge in [-0.1, -0.05) is 24.3 Å². The van der Waals surface area contributed by atoms with Gasteiger partial charge in [0.05, 0.1) is 0 Å². The Hall–Kier alpha value is -1.62. The molecule has 0 spiro atoms. The molecular formula is C18H25ClN4. The fraction of sp³-hybridized carbons (Fsp3) is 0.389. The number of rotatable bonds is 5. The Balaban J connectivity index is 0.00000192. The molecule has 1 aliphatic rings. The Labute approximate surface area is 144 Å². The standard InChI is InChI=1S/C18H24N4.ClH/c1-21(17-10-11-19-13-17)14-15-8-9-18(20-12-15)22(2)16-6-4-3-5-7-16;/h3-9,12,17,19H,10-11,13-14H2,1-2H3;1H. The third kappa shape index (κ3) is 4.44. The number of hydrogen-bond acceptors (Lipinski definition) is 4. The molecule has 4 nitrogen and oxygen atoms in total. The van der Waals surface area contributed by atoms with Crippen LogP contribution in [0.15, 0.2) is 48.7 Å². The minimum Gasteiger partial charge on any atom is -0.329 e. The second-order valence-corrected chi connectivity index (χ2v) is 5.98. The lowest BCUT2D eigenvalue weighted by Crippen LogP contribution is -2.32. The molecular weight excluding hydrogens is 308 g/mol. The van der Waals surface area contributed by atoms with Crippen LogP contribution in [-0.4, -0.2) is 43.1 Å². The van der Waals surface area contributed by atoms with Crippen molar-refractivity contribution in [1.82, 2.24) is 15.2 Å². The van der Waals surface area contributed by atoms with E-state index >= 15 is 0 Å². The zero-order chi connectivity index (χ0) is 15.4. The van der Waals surface area contributed by atoms with E-state index in [4.69, 9.17) is 0 Å². The molecule has 1 aromatic heterocycles. The number of likely N-dealkylation sites (N-methyl/N-ethyl adjacent to an activating group) is 1. The summed E-state index contributed by atoms with van der Waals surface area (Å²) in [6.07, 6.45) is 3.23. The molecule has 0 aliphatic carbocycles. The first-order valence-corrected chi connectivity index (χ1v) is 7.89. The van der Waals surface area contributed by atoms with Gasteiger partial charge in [0, 0.05) is 38.1 Å². The van der Waals surface area contributed by atoms with Crippen molar-refractivity contribution < 1.29 is 0 Å². The van der Waals surface area contributed by atoms with Crippen LogP contribution in [0.5, 0.6) is 0 Å². The van der Waals surface area contributed by atoms with E-state index in [1.165, 1.54) is 12.0 Å². The van der Waals surface area contributed by atoms with Crippen LogP contribution in [0.25, 0.3) is 0 Å². The highest BCUT2D eigenvalue weighted by molar-refractivity contribution is 5.85. The van der Waals surface area contributed by atoms with Crippen molar-refractivity contribution in [3.63, 3.8) is 0 Å². The van der Waals surface area contributed by atoms with E-state index < -0.39 is 0 Å². The highest BCUT2D eigenvalue weighted by Gasteiger charge is 2.19. The summed E-state index contributed by atoms with van der Waals surface area (Å²) >= 11 is 0. The average molecular weight is 333 g/mol. The topological polar surface area (TPSA) is 31.4 Å². The zero-order valence-electron chi connectivity index (χ0n) is 13.8. The molecule has 3 rings (SSSR count). The van der Waals surface area contributed by atoms with E-state index in [9.17, 15) is 0 Å². The molecule has 23 heavy (non-hydrogen) atoms. The smallest absolute Gasteiger partial charge is 0.132 e. The number of hydrogen-bond donors (Lipinski definition) is 1. The molecule has 5 heteroatoms. The van der Waals surface area contributed by atoms with Crippen LogP contribution in [0.4, 0.5) is 11.5 Å². The average Bonchev–Trinajstić information content (AvgIpc) is 3.10. The van der Waals surface area contributed by atoms with Gasteiger partial charge in [0.15, 0.2) is 0 Å². The first-order valence-electron chi connectivity index (χ1n) is 7.89. The lowest BCUT2D eigenvalue weighted by atomic mass is 10.2. The van der Waals surface area contributed by atoms with Crippen molar-refractivity contribution in [3.05, 3.63) is 54.2 Å². The van der Waals surface area contributed by atoms with Gasteiger partial charge >= 0.3 is 0 Å². The fourth-order valence-electron chi connectivity index (χ4n) is 2.93. The lowest BCUT2D eigenvalue weighted by molar-refractivity contribution is 0.248. The van der Waals surface area contributed by atoms with Gasteiger partial charge in [-0.05, 0) is 43.8 Å². The molecule has 1 aromatic carbocycles. The summed E-state index contributed by atoms with van der Waals surface area (Å²) in [5.74, 6) is 0.972. The first kappa shape index (κ1) is 17.7. The van der Waals surface area contributed by atoms with Gasteiger partial charge in [0.1, 0.15) is 5.82 Å². The summed E-state index contributed by atoms with van der Waals surface area (Å²) in [5.41, 5.74) is 2.41. The summed E-state index contributed by atoms with van der Waals surface area (Å²) in [6.45, 7) is 3.18. The monoisotopic (exact) mass is 332 g/mol. The molecule has 1 saturated heterocycles. The van der Waals surface area contributed by atoms with Gasteiger partial charge in [0.25, 0.3) is 0 Å². The van der Waals surface area contributed by atoms with E-state index in [2.05, 4.69) is 51.4 Å². The quantitative estimate of drug-likeness (QED) is 0.911. The highest BCUT2D eigenvalue weighted by Crippen LogP contribution is 2.21. The predicted octanol–water partition coefficient (Wildman–Crippen LogP) is 3.07. The van der Waals surface area contributed by atoms with Crippen LogP contribution in [0.2, 0.25) is 0 Å². The molecule has 1 atom stereocenters. The second-order valence-electron chi connectivity index (χ2n) is 5.98. The van der Waals surface area contributed by atoms with Gasteiger partial charge in [0.2, 0.25) is 0 Å². The van der Waals surface area contributed by atoms with E-state index in [-0.39, 0.29) is 12.4 Å². The van der Waals surface area contributed by atoms with Crippen LogP contribution in [-0.2, 0) is 6.54 Å². The van der Waals surface area contributed by atoms with Crippen molar-refractivity contribution >= 4 is 23.9 Å². The summed E-state index contributed by atoms with van der Waals surface area (Å²) < 4.78 is 0. The van der Waals surface area contributed by atoms with Gasteiger partial charge in [-0.3, -0.25) is 4.90 Å². The number of anilines is 2. The number of aromatic nitrogens is 1. The maximum Gasteiger partial charge on any atom is 0.132 e. The largest absolute Gasteiger partial charge is 0.329 e. The summed E-state index contributed by atoms with van der Waals surface area (Å²) in [6, 6.07) is 15.2. The molecule has 1 aliphatic heterocycles. The summed E-state index contributed by atoms with van der Waals surface area (Å²) in [7, 11) is 4.25. The Morgan fingerprint density at radius 3 is 2.52 bits per heavy atom. The molecule has 0 amide bonds. The van der Waals surface area contributed by atoms with Crippen LogP contribution < -0.4 is 10.2 Å². The van der Waals surface area contributed by atoms with Gasteiger partial charge < -0.3 is 10.2 Å². The van der Waals surface area contributed by atoms with E-state index in [0.29, 0.717) is 6.04 Å². The first-order chi connectivity index (χ1) is 10.7. The number of nitrogens with zero attached hydrogens (tertiary/aromatic N) is 3. The maximum absolute atomic E-state index is 4.62. The number of halogens is 1. The Kier molecular flexibility index (Phi) is 6.39. The van der Waals surface area contributed by atoms with E-state index in [0.717, 1.165) is 31.1 Å². The van der Waals surface area contributed by atoms with Gasteiger partial charge in [-0.15, -0.1) is 12.4 Å². The molecule has 0 bridgehead atoms. The molecule has 0 radical (unpaired) electrons. The molecule has 0 saturated carbocycles. The molecule has 1 unspecified atom stereocenters. The van der Waals surface area contributed by atoms with Crippen molar-refractivity contribution in [2.45, 2.75) is 19.0 Å². The number of para-hydroxylation sites is 1. The minimum absolute atomic E-state index is 0. The Morgan fingerprint density at radius 2 is 1.91 bits per heavy atom. The third-order valence-corrected chi connectivity index (χ3v) is 4.39. The van der Waals surface area contributed by atoms with Crippen LogP contribution >= 0.6 is 12.4 Å². The van der Waals surface area contributed by atoms with E-state index in [1.807, 2.05) is 31.4 Å². The maximum atomic E-state index is 4.62. The Bertz CT molecular complexity index is 582. The molecule has 2 heterocycles. The fourth-order valence-corrected chi connectivity index (χ4v) is 2.93. The molecule has 124 valence electrons. The Morgan fingerprint density at radius 1 is 1.13 bits per heavy atom. The van der Waals surface area contributed by atoms with Crippen molar-refractivity contribution in [2.24, 2.45) is 0 Å². The van der Waals surface area contributed by atoms with Crippen LogP contribution in [0.1, 0.15) is 12.0 Å². The van der Waals surface area contributed by atoms with Gasteiger partial charge in [-0.2, -0.15) is 0 Å². The number of nitrogens with one attached hydrogen (secondary N) is 1. The van der Waals surface area contributed by atoms with Crippen LogP contribution in [0, 0.1) is 0 Å². The lowest BCUT2D eigenvalue weighted by Gasteiger charge is -2.24. The van der Waals surface area contributed by atoms with Crippen molar-refractivity contribution in [1.29, 1.82) is 0 Å². The van der Waals surface area contributed by atoms with Crippen molar-refractivity contribution in [3.8, 4) is 0 Å². The zero-order valence-corrected chi connectivity index (χ0v) is 14.6. The van der Waals surface area contributed by atoms with E-state index in [1.54, 1.807) is 0 Å². The van der Waals surface area contributed by atoms with Gasteiger partial charge in [-0.25, -0.2) is 4.98 Å². The minimum atomic E-state index is 0. The van der Waals surface area contributed by atoms with Crippen LogP contribution in [0.3, 0.4) is 0 Å². The SMILES string of the molecule is CN(c1ccccc1)c1ccc(CN(C)C2CCNC2)cn1.Cl. The van der Waals surface area contributed by atoms with Crippen molar-refractivity contribution in [2.75, 3.05) is 32.1 Å². The summed E-state index contributed by atoms with van der Waals surface area (Å²) in [4.78, 5) is 9.14.